The lowest BCUT2D eigenvalue weighted by Gasteiger charge is -2.33. The number of halogens is 1. The number of hydrogen-bond acceptors (Lipinski definition) is 3. The molecule has 1 heterocycles. The summed E-state index contributed by atoms with van der Waals surface area (Å²) in [7, 11) is 4.11. The average Bonchev–Trinajstić information content (AvgIpc) is 3.52. The summed E-state index contributed by atoms with van der Waals surface area (Å²) in [4.78, 5) is 9.46. The summed E-state index contributed by atoms with van der Waals surface area (Å²) < 4.78 is 1.14. The van der Waals surface area contributed by atoms with E-state index in [9.17, 15) is 0 Å². The zero-order valence-corrected chi connectivity index (χ0v) is 18.5. The van der Waals surface area contributed by atoms with Crippen molar-refractivity contribution in [3.63, 3.8) is 0 Å². The van der Waals surface area contributed by atoms with Gasteiger partial charge in [-0.1, -0.05) is 28.1 Å². The molecule has 3 rings (SSSR count). The minimum atomic E-state index is 0.508. The fourth-order valence-electron chi connectivity index (χ4n) is 3.70. The van der Waals surface area contributed by atoms with Gasteiger partial charge in [-0.3, -0.25) is 14.8 Å². The van der Waals surface area contributed by atoms with Gasteiger partial charge in [0.05, 0.1) is 0 Å². The van der Waals surface area contributed by atoms with Gasteiger partial charge in [-0.25, -0.2) is 0 Å². The normalized spacial score (nSPS) is 20.7. The molecule has 1 aliphatic heterocycles. The second-order valence-electron chi connectivity index (χ2n) is 8.02. The maximum absolute atomic E-state index is 4.43. The standard InChI is InChI=1S/C21H34BrN5/c1-16(26(3)20-8-9-20)14-24-21(23-2)25-19-10-12-27(13-11-19)15-17-4-6-18(22)7-5-17/h4-7,16,19-20H,8-15H2,1-3H3,(H2,23,24,25). The molecule has 2 N–H and O–H groups in total. The topological polar surface area (TPSA) is 42.9 Å². The lowest BCUT2D eigenvalue weighted by molar-refractivity contribution is 0.198. The van der Waals surface area contributed by atoms with E-state index in [1.807, 2.05) is 7.05 Å². The number of nitrogens with one attached hydrogen (secondary N) is 2. The maximum Gasteiger partial charge on any atom is 0.191 e. The van der Waals surface area contributed by atoms with E-state index in [1.165, 1.54) is 18.4 Å². The van der Waals surface area contributed by atoms with Gasteiger partial charge in [0.25, 0.3) is 0 Å². The number of guanidine groups is 1. The van der Waals surface area contributed by atoms with Crippen molar-refractivity contribution in [3.8, 4) is 0 Å². The zero-order valence-electron chi connectivity index (χ0n) is 16.9. The third-order valence-electron chi connectivity index (χ3n) is 5.85. The SMILES string of the molecule is CN=C(NCC(C)N(C)C1CC1)NC1CCN(Cc2ccc(Br)cc2)CC1. The van der Waals surface area contributed by atoms with Crippen molar-refractivity contribution in [1.29, 1.82) is 0 Å². The van der Waals surface area contributed by atoms with Gasteiger partial charge in [0.1, 0.15) is 0 Å². The van der Waals surface area contributed by atoms with Gasteiger partial charge in [0.2, 0.25) is 0 Å². The predicted octanol–water partition coefficient (Wildman–Crippen LogP) is 3.06. The number of nitrogens with zero attached hydrogens (tertiary/aromatic N) is 3. The van der Waals surface area contributed by atoms with Crippen LogP contribution < -0.4 is 10.6 Å². The Kier molecular flexibility index (Phi) is 7.56. The molecule has 150 valence electrons. The summed E-state index contributed by atoms with van der Waals surface area (Å²) >= 11 is 3.51. The molecule has 1 atom stereocenters. The highest BCUT2D eigenvalue weighted by Gasteiger charge is 2.29. The Bertz CT molecular complexity index is 606. The summed E-state index contributed by atoms with van der Waals surface area (Å²) in [5.41, 5.74) is 1.39. The molecule has 6 heteroatoms. The van der Waals surface area contributed by atoms with Crippen molar-refractivity contribution < 1.29 is 0 Å². The van der Waals surface area contributed by atoms with E-state index in [1.54, 1.807) is 0 Å². The number of likely N-dealkylation sites (tertiary alicyclic amines) is 1. The van der Waals surface area contributed by atoms with Crippen molar-refractivity contribution in [1.82, 2.24) is 20.4 Å². The summed E-state index contributed by atoms with van der Waals surface area (Å²) in [6.07, 6.45) is 5.03. The third kappa shape index (κ3) is 6.47. The molecule has 2 fully saturated rings. The molecule has 0 radical (unpaired) electrons. The van der Waals surface area contributed by atoms with Crippen LogP contribution in [-0.2, 0) is 6.54 Å². The van der Waals surface area contributed by atoms with Crippen LogP contribution in [0.1, 0.15) is 38.2 Å². The van der Waals surface area contributed by atoms with Crippen molar-refractivity contribution in [3.05, 3.63) is 34.3 Å². The van der Waals surface area contributed by atoms with Crippen LogP contribution in [0.4, 0.5) is 0 Å². The molecule has 0 spiro atoms. The highest BCUT2D eigenvalue weighted by atomic mass is 79.9. The molecule has 2 aliphatic rings. The highest BCUT2D eigenvalue weighted by molar-refractivity contribution is 9.10. The maximum atomic E-state index is 4.43. The molecular formula is C21H34BrN5. The molecule has 27 heavy (non-hydrogen) atoms. The molecule has 0 aromatic heterocycles. The smallest absolute Gasteiger partial charge is 0.191 e. The van der Waals surface area contributed by atoms with Crippen LogP contribution in [-0.4, -0.2) is 67.6 Å². The van der Waals surface area contributed by atoms with E-state index in [4.69, 9.17) is 0 Å². The van der Waals surface area contributed by atoms with E-state index in [0.717, 1.165) is 55.5 Å². The monoisotopic (exact) mass is 435 g/mol. The van der Waals surface area contributed by atoms with E-state index in [2.05, 4.69) is 79.6 Å². The molecule has 1 aromatic rings. The first-order chi connectivity index (χ1) is 13.0. The third-order valence-corrected chi connectivity index (χ3v) is 6.38. The lowest BCUT2D eigenvalue weighted by Crippen LogP contribution is -2.50. The zero-order chi connectivity index (χ0) is 19.2. The van der Waals surface area contributed by atoms with E-state index < -0.39 is 0 Å². The molecular weight excluding hydrogens is 402 g/mol. The number of benzene rings is 1. The summed E-state index contributed by atoms with van der Waals surface area (Å²) in [6.45, 7) is 6.53. The molecule has 0 bridgehead atoms. The van der Waals surface area contributed by atoms with Crippen molar-refractivity contribution in [2.75, 3.05) is 33.7 Å². The lowest BCUT2D eigenvalue weighted by atomic mass is 10.0. The van der Waals surface area contributed by atoms with Crippen LogP contribution >= 0.6 is 15.9 Å². The molecule has 0 amide bonds. The molecule has 1 unspecified atom stereocenters. The quantitative estimate of drug-likeness (QED) is 0.510. The first kappa shape index (κ1) is 20.6. The number of piperidine rings is 1. The second-order valence-corrected chi connectivity index (χ2v) is 8.94. The summed E-state index contributed by atoms with van der Waals surface area (Å²) in [5, 5.41) is 7.14. The van der Waals surface area contributed by atoms with Crippen LogP contribution in [0.25, 0.3) is 0 Å². The minimum absolute atomic E-state index is 0.508. The highest BCUT2D eigenvalue weighted by Crippen LogP contribution is 2.26. The Morgan fingerprint density at radius 1 is 1.22 bits per heavy atom. The first-order valence-electron chi connectivity index (χ1n) is 10.2. The Morgan fingerprint density at radius 3 is 2.48 bits per heavy atom. The molecule has 1 saturated carbocycles. The van der Waals surface area contributed by atoms with Crippen molar-refractivity contribution in [2.45, 2.75) is 57.3 Å². The Hall–Kier alpha value is -1.11. The number of hydrogen-bond donors (Lipinski definition) is 2. The number of aliphatic imine (C=N–C) groups is 1. The summed E-state index contributed by atoms with van der Waals surface area (Å²) in [5.74, 6) is 0.942. The number of rotatable bonds is 7. The van der Waals surface area contributed by atoms with Gasteiger partial charge in [-0.2, -0.15) is 0 Å². The van der Waals surface area contributed by atoms with Crippen molar-refractivity contribution >= 4 is 21.9 Å². The molecule has 1 aromatic carbocycles. The van der Waals surface area contributed by atoms with E-state index in [0.29, 0.717) is 12.1 Å². The fourth-order valence-corrected chi connectivity index (χ4v) is 3.97. The average molecular weight is 436 g/mol. The Morgan fingerprint density at radius 2 is 1.89 bits per heavy atom. The first-order valence-corrected chi connectivity index (χ1v) is 11.0. The van der Waals surface area contributed by atoms with Crippen molar-refractivity contribution in [2.24, 2.45) is 4.99 Å². The predicted molar refractivity (Wildman–Crippen MR) is 117 cm³/mol. The van der Waals surface area contributed by atoms with Crippen LogP contribution in [0.5, 0.6) is 0 Å². The summed E-state index contributed by atoms with van der Waals surface area (Å²) in [6, 6.07) is 10.5. The Labute approximate surface area is 172 Å². The van der Waals surface area contributed by atoms with E-state index >= 15 is 0 Å². The largest absolute Gasteiger partial charge is 0.355 e. The molecule has 1 saturated heterocycles. The van der Waals surface area contributed by atoms with Gasteiger partial charge in [-0.05, 0) is 57.4 Å². The molecule has 1 aliphatic carbocycles. The van der Waals surface area contributed by atoms with Crippen LogP contribution in [0.3, 0.4) is 0 Å². The van der Waals surface area contributed by atoms with Gasteiger partial charge in [0.15, 0.2) is 5.96 Å². The second kappa shape index (κ2) is 9.89. The van der Waals surface area contributed by atoms with Crippen LogP contribution in [0, 0.1) is 0 Å². The van der Waals surface area contributed by atoms with Crippen LogP contribution in [0.15, 0.2) is 33.7 Å². The van der Waals surface area contributed by atoms with Gasteiger partial charge >= 0.3 is 0 Å². The fraction of sp³-hybridized carbons (Fsp3) is 0.667. The van der Waals surface area contributed by atoms with Gasteiger partial charge in [0, 0.05) is 55.8 Å². The van der Waals surface area contributed by atoms with Gasteiger partial charge < -0.3 is 10.6 Å². The Balaban J connectivity index is 1.37. The van der Waals surface area contributed by atoms with Gasteiger partial charge in [-0.15, -0.1) is 0 Å². The molecule has 5 nitrogen and oxygen atoms in total. The minimum Gasteiger partial charge on any atom is -0.355 e. The van der Waals surface area contributed by atoms with Crippen LogP contribution in [0.2, 0.25) is 0 Å². The van der Waals surface area contributed by atoms with E-state index in [-0.39, 0.29) is 0 Å². The number of likely N-dealkylation sites (N-methyl/N-ethyl adjacent to an activating group) is 1.